The number of ether oxygens (including phenoxy) is 1. The molecule has 3 nitrogen and oxygen atoms in total. The van der Waals surface area contributed by atoms with Gasteiger partial charge in [-0.25, -0.2) is 4.79 Å². The van der Waals surface area contributed by atoms with Crippen molar-refractivity contribution >= 4 is 17.3 Å². The molecule has 0 saturated heterocycles. The minimum atomic E-state index is -0.856. The summed E-state index contributed by atoms with van der Waals surface area (Å²) in [6.45, 7) is 1.18. The van der Waals surface area contributed by atoms with Gasteiger partial charge in [0, 0.05) is 12.2 Å². The standard InChI is InChI=1S/C11H14O3S/c12-11(13)10-9(4-6-15-10)7-14-5-3-8-1-2-8/h4,6,8H,1-3,5,7H2,(H,12,13). The zero-order valence-electron chi connectivity index (χ0n) is 8.44. The summed E-state index contributed by atoms with van der Waals surface area (Å²) >= 11 is 1.25. The van der Waals surface area contributed by atoms with Crippen LogP contribution < -0.4 is 0 Å². The molecule has 1 aromatic rings. The molecule has 0 radical (unpaired) electrons. The second-order valence-corrected chi connectivity index (χ2v) is 4.78. The van der Waals surface area contributed by atoms with Gasteiger partial charge in [-0.05, 0) is 23.8 Å². The van der Waals surface area contributed by atoms with E-state index in [0.29, 0.717) is 11.5 Å². The highest BCUT2D eigenvalue weighted by Crippen LogP contribution is 2.32. The van der Waals surface area contributed by atoms with Gasteiger partial charge in [-0.15, -0.1) is 11.3 Å². The van der Waals surface area contributed by atoms with Crippen LogP contribution in [0.5, 0.6) is 0 Å². The fraction of sp³-hybridized carbons (Fsp3) is 0.545. The Kier molecular flexibility index (Phi) is 3.38. The van der Waals surface area contributed by atoms with Gasteiger partial charge in [0.1, 0.15) is 4.88 Å². The topological polar surface area (TPSA) is 46.5 Å². The number of carboxylic acid groups (broad SMARTS) is 1. The first-order valence-electron chi connectivity index (χ1n) is 5.15. The molecule has 1 aromatic heterocycles. The van der Waals surface area contributed by atoms with Gasteiger partial charge in [-0.1, -0.05) is 12.8 Å². The van der Waals surface area contributed by atoms with E-state index >= 15 is 0 Å². The number of hydrogen-bond donors (Lipinski definition) is 1. The number of carbonyl (C=O) groups is 1. The number of rotatable bonds is 6. The Labute approximate surface area is 92.7 Å². The van der Waals surface area contributed by atoms with E-state index in [1.807, 2.05) is 6.07 Å². The van der Waals surface area contributed by atoms with Gasteiger partial charge in [-0.3, -0.25) is 0 Å². The van der Waals surface area contributed by atoms with Gasteiger partial charge in [0.15, 0.2) is 0 Å². The highest BCUT2D eigenvalue weighted by atomic mass is 32.1. The molecule has 1 fully saturated rings. The summed E-state index contributed by atoms with van der Waals surface area (Å²) in [6.07, 6.45) is 3.79. The quantitative estimate of drug-likeness (QED) is 0.759. The summed E-state index contributed by atoms with van der Waals surface area (Å²) in [7, 11) is 0. The Balaban J connectivity index is 1.76. The lowest BCUT2D eigenvalue weighted by molar-refractivity contribution is 0.0692. The molecule has 1 heterocycles. The highest BCUT2D eigenvalue weighted by Gasteiger charge is 2.20. The predicted octanol–water partition coefficient (Wildman–Crippen LogP) is 2.76. The van der Waals surface area contributed by atoms with Gasteiger partial charge >= 0.3 is 5.97 Å². The maximum atomic E-state index is 10.8. The molecule has 15 heavy (non-hydrogen) atoms. The first-order chi connectivity index (χ1) is 7.27. The Morgan fingerprint density at radius 2 is 2.40 bits per heavy atom. The van der Waals surface area contributed by atoms with E-state index in [0.717, 1.165) is 24.5 Å². The van der Waals surface area contributed by atoms with E-state index < -0.39 is 5.97 Å². The summed E-state index contributed by atoms with van der Waals surface area (Å²) in [5.41, 5.74) is 0.795. The van der Waals surface area contributed by atoms with Crippen molar-refractivity contribution in [2.75, 3.05) is 6.61 Å². The van der Waals surface area contributed by atoms with Crippen LogP contribution in [0.25, 0.3) is 0 Å². The lowest BCUT2D eigenvalue weighted by Gasteiger charge is -2.02. The van der Waals surface area contributed by atoms with Crippen LogP contribution in [0.1, 0.15) is 34.5 Å². The van der Waals surface area contributed by atoms with Crippen LogP contribution >= 0.6 is 11.3 Å². The molecule has 0 unspecified atom stereocenters. The molecular weight excluding hydrogens is 212 g/mol. The molecule has 2 rings (SSSR count). The van der Waals surface area contributed by atoms with Crippen molar-refractivity contribution < 1.29 is 14.6 Å². The third-order valence-corrected chi connectivity index (χ3v) is 3.51. The predicted molar refractivity (Wildman–Crippen MR) is 58.3 cm³/mol. The molecule has 0 amide bonds. The van der Waals surface area contributed by atoms with Crippen molar-refractivity contribution in [1.82, 2.24) is 0 Å². The minimum absolute atomic E-state index is 0.404. The first kappa shape index (κ1) is 10.6. The molecule has 0 atom stereocenters. The van der Waals surface area contributed by atoms with Gasteiger partial charge in [-0.2, -0.15) is 0 Å². The van der Waals surface area contributed by atoms with Crippen LogP contribution in [0.2, 0.25) is 0 Å². The number of hydrogen-bond acceptors (Lipinski definition) is 3. The van der Waals surface area contributed by atoms with E-state index in [-0.39, 0.29) is 0 Å². The van der Waals surface area contributed by atoms with Crippen molar-refractivity contribution in [3.05, 3.63) is 21.9 Å². The Morgan fingerprint density at radius 1 is 1.60 bits per heavy atom. The molecule has 1 saturated carbocycles. The van der Waals surface area contributed by atoms with Crippen molar-refractivity contribution in [2.45, 2.75) is 25.9 Å². The van der Waals surface area contributed by atoms with E-state index in [1.165, 1.54) is 24.2 Å². The van der Waals surface area contributed by atoms with Gasteiger partial charge in [0.2, 0.25) is 0 Å². The summed E-state index contributed by atoms with van der Waals surface area (Å²) in [6, 6.07) is 1.82. The summed E-state index contributed by atoms with van der Waals surface area (Å²) in [4.78, 5) is 11.2. The Hall–Kier alpha value is -0.870. The molecular formula is C11H14O3S. The summed E-state index contributed by atoms with van der Waals surface area (Å²) in [5.74, 6) is 0.0113. The van der Waals surface area contributed by atoms with E-state index in [1.54, 1.807) is 5.38 Å². The average Bonchev–Trinajstić information content (AvgIpc) is 2.90. The van der Waals surface area contributed by atoms with Crippen molar-refractivity contribution in [2.24, 2.45) is 5.92 Å². The maximum absolute atomic E-state index is 10.8. The third kappa shape index (κ3) is 3.04. The Morgan fingerprint density at radius 3 is 3.07 bits per heavy atom. The molecule has 0 spiro atoms. The second-order valence-electron chi connectivity index (χ2n) is 3.86. The third-order valence-electron chi connectivity index (χ3n) is 2.57. The molecule has 1 aliphatic rings. The molecule has 0 aromatic carbocycles. The maximum Gasteiger partial charge on any atom is 0.346 e. The number of aromatic carboxylic acids is 1. The lowest BCUT2D eigenvalue weighted by Crippen LogP contribution is -2.01. The normalized spacial score (nSPS) is 15.5. The van der Waals surface area contributed by atoms with Crippen LogP contribution in [0, 0.1) is 5.92 Å². The second kappa shape index (κ2) is 4.77. The smallest absolute Gasteiger partial charge is 0.346 e. The first-order valence-corrected chi connectivity index (χ1v) is 6.02. The van der Waals surface area contributed by atoms with Crippen LogP contribution in [0.4, 0.5) is 0 Å². The SMILES string of the molecule is O=C(O)c1sccc1COCCC1CC1. The highest BCUT2D eigenvalue weighted by molar-refractivity contribution is 7.12. The van der Waals surface area contributed by atoms with Crippen molar-refractivity contribution in [1.29, 1.82) is 0 Å². The number of thiophene rings is 1. The van der Waals surface area contributed by atoms with Gasteiger partial charge in [0.25, 0.3) is 0 Å². The van der Waals surface area contributed by atoms with Gasteiger partial charge in [0.05, 0.1) is 6.61 Å². The summed E-state index contributed by atoms with van der Waals surface area (Å²) in [5, 5.41) is 10.7. The van der Waals surface area contributed by atoms with E-state index in [9.17, 15) is 4.79 Å². The number of carboxylic acids is 1. The molecule has 0 aliphatic heterocycles. The molecule has 82 valence electrons. The van der Waals surface area contributed by atoms with Crippen LogP contribution in [0.15, 0.2) is 11.4 Å². The van der Waals surface area contributed by atoms with Gasteiger partial charge < -0.3 is 9.84 Å². The fourth-order valence-corrected chi connectivity index (χ4v) is 2.22. The summed E-state index contributed by atoms with van der Waals surface area (Å²) < 4.78 is 5.46. The largest absolute Gasteiger partial charge is 0.477 e. The van der Waals surface area contributed by atoms with Crippen LogP contribution in [-0.2, 0) is 11.3 Å². The molecule has 1 aliphatic carbocycles. The minimum Gasteiger partial charge on any atom is -0.477 e. The Bertz CT molecular complexity index is 341. The zero-order chi connectivity index (χ0) is 10.7. The molecule has 0 bridgehead atoms. The van der Waals surface area contributed by atoms with Crippen molar-refractivity contribution in [3.8, 4) is 0 Å². The monoisotopic (exact) mass is 226 g/mol. The van der Waals surface area contributed by atoms with Crippen LogP contribution in [-0.4, -0.2) is 17.7 Å². The molecule has 4 heteroatoms. The average molecular weight is 226 g/mol. The lowest BCUT2D eigenvalue weighted by atomic mass is 10.2. The zero-order valence-corrected chi connectivity index (χ0v) is 9.26. The fourth-order valence-electron chi connectivity index (χ4n) is 1.48. The van der Waals surface area contributed by atoms with E-state index in [4.69, 9.17) is 9.84 Å². The van der Waals surface area contributed by atoms with Crippen molar-refractivity contribution in [3.63, 3.8) is 0 Å². The molecule has 1 N–H and O–H groups in total. The van der Waals surface area contributed by atoms with Crippen LogP contribution in [0.3, 0.4) is 0 Å². The van der Waals surface area contributed by atoms with E-state index in [2.05, 4.69) is 0 Å².